The molecule has 1 aromatic carbocycles. The molecule has 1 amide bonds. The first-order valence-electron chi connectivity index (χ1n) is 4.79. The third-order valence-corrected chi connectivity index (χ3v) is 2.46. The summed E-state index contributed by atoms with van der Waals surface area (Å²) in [5, 5.41) is 19.7. The Bertz CT molecular complexity index is 583. The number of benzene rings is 1. The van der Waals surface area contributed by atoms with Crippen molar-refractivity contribution in [1.82, 2.24) is 0 Å². The van der Waals surface area contributed by atoms with Crippen LogP contribution < -0.4 is 10.1 Å². The Morgan fingerprint density at radius 1 is 1.55 bits per heavy atom. The summed E-state index contributed by atoms with van der Waals surface area (Å²) in [5.74, 6) is -5.11. The van der Waals surface area contributed by atoms with E-state index >= 15 is 0 Å². The number of hydrogen-bond acceptors (Lipinski definition) is 4. The largest absolute Gasteiger partial charge is 0.573 e. The monoisotopic (exact) mass is 356 g/mol. The molecule has 20 heavy (non-hydrogen) atoms. The zero-order valence-electron chi connectivity index (χ0n) is 9.39. The average molecular weight is 357 g/mol. The minimum Gasteiger partial charge on any atom is -0.503 e. The number of halogens is 5. The molecule has 0 aliphatic carbocycles. The van der Waals surface area contributed by atoms with E-state index in [1.54, 1.807) is 0 Å². The minimum atomic E-state index is -5.23. The topological polar surface area (TPSA) is 82.4 Å². The van der Waals surface area contributed by atoms with Gasteiger partial charge in [0.25, 0.3) is 0 Å². The first-order chi connectivity index (χ1) is 9.15. The van der Waals surface area contributed by atoms with Gasteiger partial charge in [-0.2, -0.15) is 5.26 Å². The maximum absolute atomic E-state index is 13.5. The quantitative estimate of drug-likeness (QED) is 0.644. The van der Waals surface area contributed by atoms with Crippen LogP contribution in [0.25, 0.3) is 0 Å². The maximum Gasteiger partial charge on any atom is 0.573 e. The van der Waals surface area contributed by atoms with Gasteiger partial charge in [-0.05, 0) is 22.0 Å². The number of nitrogens with zero attached hydrogens (tertiary/aromatic N) is 1. The summed E-state index contributed by atoms with van der Waals surface area (Å²) >= 11 is 2.62. The number of amides is 1. The molecular formula is C10H5BrF4N2O3. The van der Waals surface area contributed by atoms with E-state index < -0.39 is 46.2 Å². The third-order valence-electron chi connectivity index (χ3n) is 1.88. The van der Waals surface area contributed by atoms with E-state index in [1.807, 2.05) is 5.32 Å². The zero-order valence-corrected chi connectivity index (χ0v) is 11.0. The lowest BCUT2D eigenvalue weighted by atomic mass is 10.2. The number of nitriles is 1. The van der Waals surface area contributed by atoms with Gasteiger partial charge in [-0.25, -0.2) is 4.39 Å². The van der Waals surface area contributed by atoms with Gasteiger partial charge in [-0.3, -0.25) is 4.79 Å². The first-order valence-corrected chi connectivity index (χ1v) is 5.58. The van der Waals surface area contributed by atoms with Crippen LogP contribution in [-0.4, -0.2) is 17.4 Å². The molecule has 0 aromatic heterocycles. The highest BCUT2D eigenvalue weighted by Gasteiger charge is 2.35. The van der Waals surface area contributed by atoms with Crippen LogP contribution in [0.2, 0.25) is 0 Å². The van der Waals surface area contributed by atoms with E-state index in [4.69, 9.17) is 5.26 Å². The second kappa shape index (κ2) is 5.96. The number of aromatic hydroxyl groups is 1. The molecule has 0 aliphatic heterocycles. The van der Waals surface area contributed by atoms with E-state index in [0.717, 1.165) is 6.07 Å². The molecule has 0 bridgehead atoms. The molecule has 10 heteroatoms. The van der Waals surface area contributed by atoms with Gasteiger partial charge in [0.1, 0.15) is 6.42 Å². The van der Waals surface area contributed by atoms with E-state index in [9.17, 15) is 27.5 Å². The van der Waals surface area contributed by atoms with Crippen molar-refractivity contribution >= 4 is 27.5 Å². The highest BCUT2D eigenvalue weighted by atomic mass is 79.9. The highest BCUT2D eigenvalue weighted by Crippen LogP contribution is 2.42. The maximum atomic E-state index is 13.5. The van der Waals surface area contributed by atoms with Crippen LogP contribution in [0.3, 0.4) is 0 Å². The van der Waals surface area contributed by atoms with Gasteiger partial charge in [-0.1, -0.05) is 0 Å². The molecule has 0 heterocycles. The van der Waals surface area contributed by atoms with Crippen molar-refractivity contribution in [2.24, 2.45) is 0 Å². The number of phenolic OH excluding ortho intramolecular Hbond substituents is 1. The van der Waals surface area contributed by atoms with Crippen molar-refractivity contribution in [2.45, 2.75) is 12.8 Å². The number of carbonyl (C=O) groups is 1. The van der Waals surface area contributed by atoms with Crippen LogP contribution in [0.5, 0.6) is 11.5 Å². The summed E-state index contributed by atoms with van der Waals surface area (Å²) in [4.78, 5) is 11.1. The normalized spacial score (nSPS) is 10.8. The number of anilines is 1. The molecule has 0 fully saturated rings. The van der Waals surface area contributed by atoms with Crippen LogP contribution in [0.1, 0.15) is 6.42 Å². The highest BCUT2D eigenvalue weighted by molar-refractivity contribution is 9.10. The molecule has 1 rings (SSSR count). The molecule has 0 saturated carbocycles. The lowest BCUT2D eigenvalue weighted by Crippen LogP contribution is -2.19. The van der Waals surface area contributed by atoms with Crippen molar-refractivity contribution in [2.75, 3.05) is 5.32 Å². The standard InChI is InChI=1S/C10H5BrF4N2O3/c11-4-3-5(17-6(18)1-2-16)8(19)9(7(4)12)20-10(13,14)15/h3,19H,1H2,(H,17,18). The number of ether oxygens (including phenoxy) is 1. The lowest BCUT2D eigenvalue weighted by molar-refractivity contribution is -0.276. The number of alkyl halides is 3. The second-order valence-corrected chi connectivity index (χ2v) is 4.18. The van der Waals surface area contributed by atoms with Crippen LogP contribution in [0.4, 0.5) is 23.2 Å². The Morgan fingerprint density at radius 3 is 2.65 bits per heavy atom. The van der Waals surface area contributed by atoms with Gasteiger partial charge in [0.2, 0.25) is 11.7 Å². The SMILES string of the molecule is N#CCC(=O)Nc1cc(Br)c(F)c(OC(F)(F)F)c1O. The number of nitrogens with one attached hydrogen (secondary N) is 1. The van der Waals surface area contributed by atoms with Gasteiger partial charge < -0.3 is 15.2 Å². The van der Waals surface area contributed by atoms with Crippen molar-refractivity contribution in [1.29, 1.82) is 5.26 Å². The Labute approximate surface area is 117 Å². The van der Waals surface area contributed by atoms with E-state index in [1.165, 1.54) is 6.07 Å². The second-order valence-electron chi connectivity index (χ2n) is 3.33. The summed E-state index contributed by atoms with van der Waals surface area (Å²) in [5.41, 5.74) is -0.530. The lowest BCUT2D eigenvalue weighted by Gasteiger charge is -2.15. The Kier molecular flexibility index (Phi) is 4.78. The van der Waals surface area contributed by atoms with Crippen LogP contribution in [0.15, 0.2) is 10.5 Å². The molecule has 2 N–H and O–H groups in total. The Hall–Kier alpha value is -2.02. The zero-order chi connectivity index (χ0) is 15.5. The minimum absolute atomic E-state index is 0.471. The van der Waals surface area contributed by atoms with E-state index in [-0.39, 0.29) is 0 Å². The van der Waals surface area contributed by atoms with Gasteiger partial charge >= 0.3 is 6.36 Å². The molecule has 0 aliphatic rings. The Morgan fingerprint density at radius 2 is 2.15 bits per heavy atom. The molecule has 0 radical (unpaired) electrons. The summed E-state index contributed by atoms with van der Waals surface area (Å²) in [6, 6.07) is 2.33. The smallest absolute Gasteiger partial charge is 0.503 e. The summed E-state index contributed by atoms with van der Waals surface area (Å²) in [6.07, 6.45) is -5.82. The fourth-order valence-corrected chi connectivity index (χ4v) is 1.57. The van der Waals surface area contributed by atoms with Crippen LogP contribution in [0, 0.1) is 17.1 Å². The number of rotatable bonds is 3. The van der Waals surface area contributed by atoms with Crippen molar-refractivity contribution in [3.63, 3.8) is 0 Å². The average Bonchev–Trinajstić information content (AvgIpc) is 2.30. The van der Waals surface area contributed by atoms with Crippen molar-refractivity contribution in [3.8, 4) is 17.6 Å². The van der Waals surface area contributed by atoms with Gasteiger partial charge in [-0.15, -0.1) is 13.2 Å². The first kappa shape index (κ1) is 16.0. The molecule has 108 valence electrons. The molecule has 0 spiro atoms. The van der Waals surface area contributed by atoms with Crippen LogP contribution in [-0.2, 0) is 4.79 Å². The van der Waals surface area contributed by atoms with Gasteiger partial charge in [0.05, 0.1) is 16.2 Å². The molecule has 0 unspecified atom stereocenters. The van der Waals surface area contributed by atoms with E-state index in [0.29, 0.717) is 0 Å². The van der Waals surface area contributed by atoms with Crippen molar-refractivity contribution in [3.05, 3.63) is 16.4 Å². The Balaban J connectivity index is 3.22. The fraction of sp³-hybridized carbons (Fsp3) is 0.200. The molecule has 0 saturated heterocycles. The predicted molar refractivity (Wildman–Crippen MR) is 61.3 cm³/mol. The third kappa shape index (κ3) is 3.99. The van der Waals surface area contributed by atoms with Crippen molar-refractivity contribution < 1.29 is 32.2 Å². The molecular weight excluding hydrogens is 352 g/mol. The van der Waals surface area contributed by atoms with E-state index in [2.05, 4.69) is 20.7 Å². The van der Waals surface area contributed by atoms with Gasteiger partial charge in [0, 0.05) is 0 Å². The summed E-state index contributed by atoms with van der Waals surface area (Å²) < 4.78 is 52.7. The number of hydrogen-bond donors (Lipinski definition) is 2. The van der Waals surface area contributed by atoms with Crippen LogP contribution >= 0.6 is 15.9 Å². The molecule has 1 aromatic rings. The van der Waals surface area contributed by atoms with Gasteiger partial charge in [0.15, 0.2) is 11.6 Å². The summed E-state index contributed by atoms with van der Waals surface area (Å²) in [6.45, 7) is 0. The summed E-state index contributed by atoms with van der Waals surface area (Å²) in [7, 11) is 0. The molecule has 0 atom stereocenters. The fourth-order valence-electron chi connectivity index (χ4n) is 1.16. The molecule has 5 nitrogen and oxygen atoms in total. The predicted octanol–water partition coefficient (Wildman–Crippen LogP) is 3.04. The number of carbonyl (C=O) groups excluding carboxylic acids is 1. The number of phenols is 1.